The number of halogens is 1. The van der Waals surface area contributed by atoms with Crippen molar-refractivity contribution in [2.75, 3.05) is 0 Å². The minimum atomic E-state index is -0.994. The van der Waals surface area contributed by atoms with E-state index in [0.717, 1.165) is 0 Å². The van der Waals surface area contributed by atoms with Gasteiger partial charge in [0.15, 0.2) is 5.69 Å². The van der Waals surface area contributed by atoms with Crippen LogP contribution in [-0.4, -0.2) is 20.8 Å². The van der Waals surface area contributed by atoms with Crippen molar-refractivity contribution < 1.29 is 9.18 Å². The summed E-state index contributed by atoms with van der Waals surface area (Å²) in [6.45, 7) is 0. The fraction of sp³-hybridized carbons (Fsp3) is 0. The Kier molecular flexibility index (Phi) is 3.98. The molecule has 24 heavy (non-hydrogen) atoms. The fourth-order valence-corrected chi connectivity index (χ4v) is 2.01. The largest absolute Gasteiger partial charge is 0.350 e. The van der Waals surface area contributed by atoms with Gasteiger partial charge in [0.1, 0.15) is 11.5 Å². The minimum absolute atomic E-state index is 0.121. The lowest BCUT2D eigenvalue weighted by Gasteiger charge is -1.99. The van der Waals surface area contributed by atoms with E-state index in [2.05, 4.69) is 20.3 Å². The molecule has 0 aliphatic rings. The van der Waals surface area contributed by atoms with Gasteiger partial charge in [-0.25, -0.2) is 9.18 Å². The van der Waals surface area contributed by atoms with Crippen molar-refractivity contribution in [3.05, 3.63) is 65.0 Å². The second-order valence-electron chi connectivity index (χ2n) is 4.73. The number of nitrogens with one attached hydrogen (secondary N) is 1. The van der Waals surface area contributed by atoms with Crippen LogP contribution in [0.1, 0.15) is 0 Å². The van der Waals surface area contributed by atoms with Gasteiger partial charge >= 0.3 is 11.6 Å². The highest BCUT2D eigenvalue weighted by atomic mass is 19.1. The number of carbonyl (C=O) groups is 1. The van der Waals surface area contributed by atoms with E-state index in [1.165, 1.54) is 30.5 Å². The Labute approximate surface area is 134 Å². The lowest BCUT2D eigenvalue weighted by atomic mass is 10.1. The van der Waals surface area contributed by atoms with Crippen LogP contribution in [0.2, 0.25) is 0 Å². The molecule has 1 aromatic carbocycles. The van der Waals surface area contributed by atoms with E-state index in [1.807, 2.05) is 0 Å². The molecule has 120 valence electrons. The molecular formula is C15H11FN6O2. The molecule has 1 amide bonds. The van der Waals surface area contributed by atoms with Crippen LogP contribution >= 0.6 is 0 Å². The summed E-state index contributed by atoms with van der Waals surface area (Å²) in [5, 5.41) is 10.4. The number of H-pyrrole nitrogens is 1. The maximum absolute atomic E-state index is 13.1. The van der Waals surface area contributed by atoms with Crippen molar-refractivity contribution in [2.24, 2.45) is 16.0 Å². The highest BCUT2D eigenvalue weighted by Crippen LogP contribution is 2.27. The van der Waals surface area contributed by atoms with E-state index < -0.39 is 17.4 Å². The average molecular weight is 326 g/mol. The first-order valence-corrected chi connectivity index (χ1v) is 6.79. The average Bonchev–Trinajstić information content (AvgIpc) is 2.91. The minimum Gasteiger partial charge on any atom is -0.350 e. The van der Waals surface area contributed by atoms with E-state index in [4.69, 9.17) is 5.73 Å². The number of nitrogens with two attached hydrogens (primary N) is 1. The number of hydrogen-bond acceptors (Lipinski definition) is 5. The van der Waals surface area contributed by atoms with E-state index in [1.54, 1.807) is 18.3 Å². The van der Waals surface area contributed by atoms with Crippen LogP contribution in [0.5, 0.6) is 0 Å². The first kappa shape index (κ1) is 15.3. The number of aromatic amines is 1. The Morgan fingerprint density at radius 1 is 1.21 bits per heavy atom. The van der Waals surface area contributed by atoms with E-state index in [9.17, 15) is 14.0 Å². The molecule has 0 atom stereocenters. The van der Waals surface area contributed by atoms with Gasteiger partial charge in [0, 0.05) is 11.8 Å². The number of primary amides is 1. The predicted octanol–water partition coefficient (Wildman–Crippen LogP) is 2.72. The van der Waals surface area contributed by atoms with E-state index >= 15 is 0 Å². The number of pyridine rings is 1. The quantitative estimate of drug-likeness (QED) is 0.720. The molecule has 0 spiro atoms. The van der Waals surface area contributed by atoms with Crippen LogP contribution in [0.15, 0.2) is 63.8 Å². The number of benzene rings is 1. The van der Waals surface area contributed by atoms with Crippen LogP contribution in [0.25, 0.3) is 11.3 Å². The molecule has 0 bridgehead atoms. The molecule has 0 unspecified atom stereocenters. The number of amides is 1. The van der Waals surface area contributed by atoms with Gasteiger partial charge in [-0.3, -0.25) is 14.9 Å². The van der Waals surface area contributed by atoms with Gasteiger partial charge in [-0.05, 0) is 36.4 Å². The summed E-state index contributed by atoms with van der Waals surface area (Å²) < 4.78 is 13.7. The van der Waals surface area contributed by atoms with Crippen molar-refractivity contribution in [2.45, 2.75) is 0 Å². The van der Waals surface area contributed by atoms with Gasteiger partial charge in [0.2, 0.25) is 0 Å². The summed E-state index contributed by atoms with van der Waals surface area (Å²) in [6, 6.07) is 7.63. The second kappa shape index (κ2) is 6.24. The molecule has 2 heterocycles. The van der Waals surface area contributed by atoms with Crippen LogP contribution in [0.4, 0.5) is 20.6 Å². The summed E-state index contributed by atoms with van der Waals surface area (Å²) in [5.74, 6) is -0.436. The number of carbonyl (C=O) groups excluding carboxylic acids is 1. The molecule has 3 N–H and O–H groups in total. The Bertz CT molecular complexity index is 960. The zero-order valence-corrected chi connectivity index (χ0v) is 12.2. The Morgan fingerprint density at radius 3 is 2.58 bits per heavy atom. The SMILES string of the molecule is NC(=O)n1[nH]c(-c2ccc(F)cc2)c(N=Nc2cccnc2)c1=O. The Balaban J connectivity index is 2.13. The zero-order valence-electron chi connectivity index (χ0n) is 12.2. The van der Waals surface area contributed by atoms with E-state index in [0.29, 0.717) is 15.9 Å². The molecule has 2 aromatic heterocycles. The number of hydrogen-bond donors (Lipinski definition) is 2. The lowest BCUT2D eigenvalue weighted by molar-refractivity contribution is 0.247. The number of aromatic nitrogens is 3. The summed E-state index contributed by atoms with van der Waals surface area (Å²) in [7, 11) is 0. The molecule has 0 saturated carbocycles. The monoisotopic (exact) mass is 326 g/mol. The third-order valence-electron chi connectivity index (χ3n) is 3.13. The third kappa shape index (κ3) is 2.95. The van der Waals surface area contributed by atoms with Gasteiger partial charge < -0.3 is 5.73 Å². The molecule has 3 aromatic rings. The van der Waals surface area contributed by atoms with Crippen molar-refractivity contribution in [3.8, 4) is 11.3 Å². The maximum atomic E-state index is 13.1. The van der Waals surface area contributed by atoms with Crippen molar-refractivity contribution in [3.63, 3.8) is 0 Å². The maximum Gasteiger partial charge on any atom is 0.341 e. The van der Waals surface area contributed by atoms with Crippen LogP contribution in [0.3, 0.4) is 0 Å². The Morgan fingerprint density at radius 2 is 1.96 bits per heavy atom. The first-order valence-electron chi connectivity index (χ1n) is 6.79. The second-order valence-corrected chi connectivity index (χ2v) is 4.73. The van der Waals surface area contributed by atoms with Crippen LogP contribution in [-0.2, 0) is 0 Å². The number of azo groups is 1. The van der Waals surface area contributed by atoms with Crippen LogP contribution in [0, 0.1) is 5.82 Å². The standard InChI is InChI=1S/C15H11FN6O2/c16-10-5-3-9(4-6-10)12-13(14(23)22(21-12)15(17)24)20-19-11-2-1-7-18-8-11/h1-8,21H,(H2,17,24). The van der Waals surface area contributed by atoms with Crippen molar-refractivity contribution >= 4 is 17.4 Å². The van der Waals surface area contributed by atoms with Gasteiger partial charge in [-0.15, -0.1) is 10.2 Å². The molecule has 0 aliphatic carbocycles. The predicted molar refractivity (Wildman–Crippen MR) is 83.8 cm³/mol. The first-order chi connectivity index (χ1) is 11.6. The molecule has 9 heteroatoms. The van der Waals surface area contributed by atoms with Crippen molar-refractivity contribution in [1.29, 1.82) is 0 Å². The normalized spacial score (nSPS) is 11.0. The molecule has 0 aliphatic heterocycles. The topological polar surface area (TPSA) is 118 Å². The van der Waals surface area contributed by atoms with E-state index in [-0.39, 0.29) is 11.4 Å². The van der Waals surface area contributed by atoms with Crippen LogP contribution < -0.4 is 11.3 Å². The van der Waals surface area contributed by atoms with Gasteiger partial charge in [0.25, 0.3) is 0 Å². The molecule has 8 nitrogen and oxygen atoms in total. The summed E-state index contributed by atoms with van der Waals surface area (Å²) in [6.07, 6.45) is 3.03. The molecular weight excluding hydrogens is 315 g/mol. The zero-order chi connectivity index (χ0) is 17.1. The number of nitrogens with zero attached hydrogens (tertiary/aromatic N) is 4. The molecule has 0 fully saturated rings. The number of rotatable bonds is 3. The smallest absolute Gasteiger partial charge is 0.341 e. The molecule has 0 saturated heterocycles. The summed E-state index contributed by atoms with van der Waals surface area (Å²) in [5.41, 5.74) is 5.36. The summed E-state index contributed by atoms with van der Waals surface area (Å²) >= 11 is 0. The van der Waals surface area contributed by atoms with Crippen molar-refractivity contribution in [1.82, 2.24) is 14.8 Å². The lowest BCUT2D eigenvalue weighted by Crippen LogP contribution is -2.29. The Hall–Kier alpha value is -3.62. The molecule has 0 radical (unpaired) electrons. The van der Waals surface area contributed by atoms with Gasteiger partial charge in [0.05, 0.1) is 11.9 Å². The highest BCUT2D eigenvalue weighted by molar-refractivity contribution is 5.79. The highest BCUT2D eigenvalue weighted by Gasteiger charge is 2.18. The molecule has 3 rings (SSSR count). The third-order valence-corrected chi connectivity index (χ3v) is 3.13. The summed E-state index contributed by atoms with van der Waals surface area (Å²) in [4.78, 5) is 27.5. The fourth-order valence-electron chi connectivity index (χ4n) is 2.01. The van der Waals surface area contributed by atoms with Gasteiger partial charge in [-0.2, -0.15) is 4.68 Å². The van der Waals surface area contributed by atoms with Gasteiger partial charge in [-0.1, -0.05) is 0 Å².